The van der Waals surface area contributed by atoms with Crippen LogP contribution in [0.25, 0.3) is 0 Å². The van der Waals surface area contributed by atoms with E-state index < -0.39 is 6.54 Å². The summed E-state index contributed by atoms with van der Waals surface area (Å²) in [7, 11) is 0. The summed E-state index contributed by atoms with van der Waals surface area (Å²) in [4.78, 5) is 0. The Balaban J connectivity index is 2.23. The summed E-state index contributed by atoms with van der Waals surface area (Å²) >= 11 is 4.85. The Morgan fingerprint density at radius 2 is 1.19 bits per heavy atom. The van der Waals surface area contributed by atoms with E-state index in [1.807, 2.05) is 50.2 Å². The van der Waals surface area contributed by atoms with Crippen molar-refractivity contribution >= 4 is 24.1 Å². The number of hydrogen-bond donors (Lipinski definition) is 1. The molecule has 2 aromatic carbocycles. The molecule has 1 aliphatic rings. The molecule has 110 valence electrons. The van der Waals surface area contributed by atoms with Gasteiger partial charge in [-0.3, -0.25) is 0 Å². The van der Waals surface area contributed by atoms with Gasteiger partial charge in [-0.15, -0.1) is 0 Å². The lowest BCUT2D eigenvalue weighted by Gasteiger charge is -2.20. The molecule has 0 saturated carbocycles. The highest BCUT2D eigenvalue weighted by atomic mass is 32.7. The molecule has 0 bridgehead atoms. The minimum Gasteiger partial charge on any atom is -0.323 e. The molecule has 0 spiro atoms. The van der Waals surface area contributed by atoms with Crippen molar-refractivity contribution in [3.63, 3.8) is 0 Å². The van der Waals surface area contributed by atoms with Crippen molar-refractivity contribution in [1.82, 2.24) is 0 Å². The third-order valence-electron chi connectivity index (χ3n) is 3.66. The highest BCUT2D eigenvalue weighted by Gasteiger charge is 2.37. The average molecular weight is 318 g/mol. The van der Waals surface area contributed by atoms with E-state index >= 15 is 0 Å². The van der Waals surface area contributed by atoms with Crippen LogP contribution in [0.4, 0.5) is 0 Å². The molecule has 1 heterocycles. The van der Waals surface area contributed by atoms with Crippen molar-refractivity contribution in [1.29, 1.82) is 0 Å². The zero-order valence-electron chi connectivity index (χ0n) is 12.1. The first-order chi connectivity index (χ1) is 10.1. The van der Waals surface area contributed by atoms with Crippen molar-refractivity contribution in [2.24, 2.45) is 0 Å². The Bertz CT molecular complexity index is 614. The molecule has 0 amide bonds. The van der Waals surface area contributed by atoms with Gasteiger partial charge in [-0.05, 0) is 25.0 Å². The third-order valence-corrected chi connectivity index (χ3v) is 7.14. The van der Waals surface area contributed by atoms with E-state index in [4.69, 9.17) is 21.3 Å². The second-order valence-corrected chi connectivity index (χ2v) is 8.71. The first kappa shape index (κ1) is 14.9. The van der Waals surface area contributed by atoms with Crippen LogP contribution >= 0.6 is 18.8 Å². The monoisotopic (exact) mass is 318 g/mol. The third kappa shape index (κ3) is 2.97. The van der Waals surface area contributed by atoms with E-state index in [0.717, 1.165) is 16.4 Å². The van der Waals surface area contributed by atoms with Crippen molar-refractivity contribution in [3.8, 4) is 0 Å². The summed E-state index contributed by atoms with van der Waals surface area (Å²) < 4.78 is 12.3. The highest BCUT2D eigenvalue weighted by molar-refractivity contribution is 8.48. The van der Waals surface area contributed by atoms with Crippen LogP contribution in [0.1, 0.15) is 25.0 Å². The molecule has 0 radical (unpaired) electrons. The summed E-state index contributed by atoms with van der Waals surface area (Å²) in [6, 6.07) is 20.5. The Hall–Kier alpha value is -0.990. The average Bonchev–Trinajstić information content (AvgIpc) is 2.75. The minimum absolute atomic E-state index is 0.0539. The maximum absolute atomic E-state index is 6.15. The number of hydrogen-bond acceptors (Lipinski definition) is 3. The van der Waals surface area contributed by atoms with Gasteiger partial charge in [-0.2, -0.15) is 0 Å². The summed E-state index contributed by atoms with van der Waals surface area (Å²) in [5, 5.41) is 1.06. The van der Waals surface area contributed by atoms with Gasteiger partial charge in [0.2, 0.25) is 0 Å². The van der Waals surface area contributed by atoms with E-state index in [2.05, 4.69) is 24.3 Å². The first-order valence-electron chi connectivity index (χ1n) is 7.07. The van der Waals surface area contributed by atoms with Gasteiger partial charge in [-0.25, -0.2) is 0 Å². The van der Waals surface area contributed by atoms with Crippen LogP contribution in [0.2, 0.25) is 0 Å². The maximum Gasteiger partial charge on any atom is 0.187 e. The van der Waals surface area contributed by atoms with Crippen molar-refractivity contribution in [3.05, 3.63) is 71.8 Å². The second kappa shape index (κ2) is 6.02. The number of thiol groups is 1. The first-order valence-corrected chi connectivity index (χ1v) is 9.85. The molecular formula is C17H19O2PS. The van der Waals surface area contributed by atoms with Gasteiger partial charge < -0.3 is 9.05 Å². The molecule has 0 N–H and O–H groups in total. The van der Waals surface area contributed by atoms with Crippen LogP contribution in [0.3, 0.4) is 0 Å². The molecule has 4 heteroatoms. The molecule has 21 heavy (non-hydrogen) atoms. The predicted molar refractivity (Wildman–Crippen MR) is 93.1 cm³/mol. The summed E-state index contributed by atoms with van der Waals surface area (Å²) in [5.74, 6) is 0. The van der Waals surface area contributed by atoms with E-state index in [1.165, 1.54) is 0 Å². The topological polar surface area (TPSA) is 18.5 Å². The van der Waals surface area contributed by atoms with Crippen molar-refractivity contribution in [2.45, 2.75) is 26.1 Å². The van der Waals surface area contributed by atoms with E-state index in [0.29, 0.717) is 0 Å². The van der Waals surface area contributed by atoms with E-state index in [-0.39, 0.29) is 12.2 Å². The van der Waals surface area contributed by atoms with Gasteiger partial charge in [0, 0.05) is 5.29 Å². The fraction of sp³-hybridized carbons (Fsp3) is 0.235. The smallest absolute Gasteiger partial charge is 0.187 e. The minimum atomic E-state index is -2.38. The fourth-order valence-electron chi connectivity index (χ4n) is 2.44. The number of rotatable bonds is 2. The molecule has 2 atom stereocenters. The molecule has 2 aromatic rings. The Labute approximate surface area is 131 Å². The van der Waals surface area contributed by atoms with Crippen molar-refractivity contribution in [2.75, 3.05) is 0 Å². The summed E-state index contributed by atoms with van der Waals surface area (Å²) in [6.07, 6.45) is 0.108. The lowest BCUT2D eigenvalue weighted by atomic mass is 10.1. The fourth-order valence-corrected chi connectivity index (χ4v) is 6.48. The van der Waals surface area contributed by atoms with Gasteiger partial charge in [0.05, 0.1) is 12.2 Å². The van der Waals surface area contributed by atoms with Crippen molar-refractivity contribution < 1.29 is 9.05 Å². The number of benzene rings is 2. The van der Waals surface area contributed by atoms with Crippen LogP contribution in [0, 0.1) is 0 Å². The molecule has 0 aromatic heterocycles. The van der Waals surface area contributed by atoms with Crippen LogP contribution in [0.15, 0.2) is 60.7 Å². The van der Waals surface area contributed by atoms with Crippen LogP contribution < -0.4 is 0 Å². The molecule has 1 fully saturated rings. The Kier molecular flexibility index (Phi) is 4.28. The standard InChI is InChI=1S/C17H19O2PS/c1-13-14(2)19-20(21,18-13)17(15-9-5-3-6-10-15)16-11-7-4-8-12-16/h3-14,21H,1-2H3. The predicted octanol–water partition coefficient (Wildman–Crippen LogP) is 4.77. The van der Waals surface area contributed by atoms with Gasteiger partial charge in [0.25, 0.3) is 0 Å². The van der Waals surface area contributed by atoms with Gasteiger partial charge in [0.15, 0.2) is 6.54 Å². The molecular weight excluding hydrogens is 299 g/mol. The lowest BCUT2D eigenvalue weighted by molar-refractivity contribution is 0.187. The van der Waals surface area contributed by atoms with Crippen LogP contribution in [-0.2, 0) is 9.05 Å². The largest absolute Gasteiger partial charge is 0.323 e. The van der Waals surface area contributed by atoms with Crippen LogP contribution in [-0.4, -0.2) is 17.5 Å². The van der Waals surface area contributed by atoms with Gasteiger partial charge >= 0.3 is 0 Å². The SMILES string of the molecule is CC1OP(S)(=C(c2ccccc2)c2ccccc2)OC1C. The summed E-state index contributed by atoms with van der Waals surface area (Å²) in [5.41, 5.74) is 2.21. The Morgan fingerprint density at radius 1 is 0.810 bits per heavy atom. The van der Waals surface area contributed by atoms with Gasteiger partial charge in [-0.1, -0.05) is 72.9 Å². The molecule has 0 aliphatic carbocycles. The quantitative estimate of drug-likeness (QED) is 0.635. The molecule has 2 nitrogen and oxygen atoms in total. The Morgan fingerprint density at radius 3 is 1.57 bits per heavy atom. The second-order valence-electron chi connectivity index (χ2n) is 5.22. The lowest BCUT2D eigenvalue weighted by Crippen LogP contribution is -2.13. The molecule has 3 rings (SSSR count). The normalized spacial score (nSPS) is 28.5. The summed E-state index contributed by atoms with van der Waals surface area (Å²) in [6.45, 7) is 1.70. The van der Waals surface area contributed by atoms with Gasteiger partial charge in [0.1, 0.15) is 0 Å². The molecule has 1 saturated heterocycles. The van der Waals surface area contributed by atoms with E-state index in [9.17, 15) is 0 Å². The highest BCUT2D eigenvalue weighted by Crippen LogP contribution is 2.64. The zero-order chi connectivity index (χ0) is 14.9. The zero-order valence-corrected chi connectivity index (χ0v) is 13.9. The van der Waals surface area contributed by atoms with E-state index in [1.54, 1.807) is 0 Å². The molecule has 1 aliphatic heterocycles. The molecule has 2 unspecified atom stereocenters. The van der Waals surface area contributed by atoms with Crippen LogP contribution in [0.5, 0.6) is 0 Å². The maximum atomic E-state index is 6.15.